The van der Waals surface area contributed by atoms with Crippen molar-refractivity contribution in [1.82, 2.24) is 4.90 Å². The van der Waals surface area contributed by atoms with Crippen molar-refractivity contribution in [2.24, 2.45) is 5.92 Å². The average Bonchev–Trinajstić information content (AvgIpc) is 2.43. The number of ether oxygens (including phenoxy) is 1. The van der Waals surface area contributed by atoms with E-state index >= 15 is 0 Å². The van der Waals surface area contributed by atoms with Crippen LogP contribution in [0.15, 0.2) is 18.2 Å². The molecule has 2 unspecified atom stereocenters. The fourth-order valence-corrected chi connectivity index (χ4v) is 2.86. The number of anilines is 2. The van der Waals surface area contributed by atoms with Crippen molar-refractivity contribution in [3.05, 3.63) is 23.8 Å². The molecule has 0 aliphatic carbocycles. The summed E-state index contributed by atoms with van der Waals surface area (Å²) in [6, 6.07) is 5.67. The Bertz CT molecular complexity index is 504. The van der Waals surface area contributed by atoms with E-state index in [1.165, 1.54) is 0 Å². The smallest absolute Gasteiger partial charge is 0.340 e. The van der Waals surface area contributed by atoms with Crippen LogP contribution in [0.5, 0.6) is 0 Å². The summed E-state index contributed by atoms with van der Waals surface area (Å²) in [4.78, 5) is 14.4. The Hall–Kier alpha value is -1.75. The van der Waals surface area contributed by atoms with Crippen molar-refractivity contribution in [2.45, 2.75) is 26.3 Å². The molecule has 21 heavy (non-hydrogen) atoms. The Morgan fingerprint density at radius 1 is 1.52 bits per heavy atom. The first-order valence-electron chi connectivity index (χ1n) is 7.53. The number of esters is 1. The molecule has 116 valence electrons. The quantitative estimate of drug-likeness (QED) is 0.657. The number of nitrogen functional groups attached to an aromatic ring is 1. The number of nitrogens with zero attached hydrogens (tertiary/aromatic N) is 1. The fourth-order valence-electron chi connectivity index (χ4n) is 2.86. The summed E-state index contributed by atoms with van der Waals surface area (Å²) in [5.41, 5.74) is 7.88. The van der Waals surface area contributed by atoms with Gasteiger partial charge in [0.25, 0.3) is 0 Å². The average molecular weight is 291 g/mol. The van der Waals surface area contributed by atoms with E-state index in [-0.39, 0.29) is 5.97 Å². The highest BCUT2D eigenvalue weighted by atomic mass is 16.5. The molecule has 0 saturated carbocycles. The van der Waals surface area contributed by atoms with Crippen LogP contribution in [0.25, 0.3) is 0 Å². The van der Waals surface area contributed by atoms with Crippen molar-refractivity contribution in [3.8, 4) is 0 Å². The lowest BCUT2D eigenvalue weighted by atomic mass is 9.93. The zero-order valence-corrected chi connectivity index (χ0v) is 13.1. The molecule has 2 rings (SSSR count). The molecule has 1 aliphatic heterocycles. The van der Waals surface area contributed by atoms with Crippen molar-refractivity contribution < 1.29 is 9.53 Å². The van der Waals surface area contributed by atoms with E-state index in [0.29, 0.717) is 35.5 Å². The van der Waals surface area contributed by atoms with Crippen LogP contribution in [0.2, 0.25) is 0 Å². The molecule has 1 heterocycles. The van der Waals surface area contributed by atoms with Crippen LogP contribution in [-0.2, 0) is 4.74 Å². The lowest BCUT2D eigenvalue weighted by Gasteiger charge is -2.36. The Morgan fingerprint density at radius 3 is 2.95 bits per heavy atom. The summed E-state index contributed by atoms with van der Waals surface area (Å²) in [6.07, 6.45) is 1.04. The van der Waals surface area contributed by atoms with Crippen LogP contribution in [0, 0.1) is 5.92 Å². The topological polar surface area (TPSA) is 67.6 Å². The largest absolute Gasteiger partial charge is 0.462 e. The normalized spacial score (nSPS) is 22.8. The predicted molar refractivity (Wildman–Crippen MR) is 85.5 cm³/mol. The number of rotatable bonds is 4. The van der Waals surface area contributed by atoms with Crippen LogP contribution in [0.3, 0.4) is 0 Å². The lowest BCUT2D eigenvalue weighted by molar-refractivity contribution is 0.0527. The van der Waals surface area contributed by atoms with Gasteiger partial charge in [-0.25, -0.2) is 4.79 Å². The number of benzene rings is 1. The third kappa shape index (κ3) is 3.67. The Labute approximate surface area is 126 Å². The Morgan fingerprint density at radius 2 is 2.29 bits per heavy atom. The minimum Gasteiger partial charge on any atom is -0.462 e. The molecule has 0 bridgehead atoms. The molecule has 0 amide bonds. The molecule has 1 aromatic rings. The van der Waals surface area contributed by atoms with Crippen LogP contribution >= 0.6 is 0 Å². The fraction of sp³-hybridized carbons (Fsp3) is 0.562. The molecular weight excluding hydrogens is 266 g/mol. The number of likely N-dealkylation sites (tertiary alicyclic amines) is 1. The number of piperidine rings is 1. The highest BCUT2D eigenvalue weighted by Gasteiger charge is 2.26. The van der Waals surface area contributed by atoms with Crippen molar-refractivity contribution in [2.75, 3.05) is 37.8 Å². The first-order valence-corrected chi connectivity index (χ1v) is 7.53. The first-order chi connectivity index (χ1) is 10.0. The minimum absolute atomic E-state index is 0.319. The Kier molecular flexibility index (Phi) is 5.07. The summed E-state index contributed by atoms with van der Waals surface area (Å²) < 4.78 is 5.11. The van der Waals surface area contributed by atoms with Gasteiger partial charge in [-0.15, -0.1) is 0 Å². The van der Waals surface area contributed by atoms with Gasteiger partial charge in [0.15, 0.2) is 0 Å². The maximum Gasteiger partial charge on any atom is 0.340 e. The van der Waals surface area contributed by atoms with Crippen LogP contribution in [-0.4, -0.2) is 43.7 Å². The highest BCUT2D eigenvalue weighted by molar-refractivity contribution is 5.98. The van der Waals surface area contributed by atoms with E-state index in [9.17, 15) is 4.79 Å². The summed E-state index contributed by atoms with van der Waals surface area (Å²) in [7, 11) is 2.13. The number of carbonyl (C=O) groups is 1. The van der Waals surface area contributed by atoms with E-state index in [4.69, 9.17) is 10.5 Å². The van der Waals surface area contributed by atoms with E-state index in [0.717, 1.165) is 19.5 Å². The number of para-hydroxylation sites is 1. The van der Waals surface area contributed by atoms with Crippen LogP contribution < -0.4 is 11.1 Å². The van der Waals surface area contributed by atoms with Crippen molar-refractivity contribution in [3.63, 3.8) is 0 Å². The van der Waals surface area contributed by atoms with Gasteiger partial charge in [-0.3, -0.25) is 0 Å². The monoisotopic (exact) mass is 291 g/mol. The van der Waals surface area contributed by atoms with Gasteiger partial charge in [0, 0.05) is 12.6 Å². The van der Waals surface area contributed by atoms with E-state index in [1.807, 2.05) is 6.07 Å². The van der Waals surface area contributed by atoms with E-state index in [1.54, 1.807) is 19.1 Å². The van der Waals surface area contributed by atoms with Gasteiger partial charge >= 0.3 is 5.97 Å². The number of hydrogen-bond donors (Lipinski definition) is 2. The van der Waals surface area contributed by atoms with Gasteiger partial charge in [-0.05, 0) is 45.0 Å². The summed E-state index contributed by atoms with van der Waals surface area (Å²) >= 11 is 0. The molecule has 2 atom stereocenters. The maximum atomic E-state index is 12.1. The highest BCUT2D eigenvalue weighted by Crippen LogP contribution is 2.28. The van der Waals surface area contributed by atoms with E-state index in [2.05, 4.69) is 24.2 Å². The van der Waals surface area contributed by atoms with Crippen molar-refractivity contribution >= 4 is 17.3 Å². The molecule has 3 N–H and O–H groups in total. The summed E-state index contributed by atoms with van der Waals surface area (Å²) in [6.45, 7) is 6.47. The van der Waals surface area contributed by atoms with Gasteiger partial charge < -0.3 is 20.7 Å². The Balaban J connectivity index is 2.20. The first kappa shape index (κ1) is 15.6. The number of hydrogen-bond acceptors (Lipinski definition) is 5. The van der Waals surface area contributed by atoms with Gasteiger partial charge in [0.05, 0.1) is 23.5 Å². The second-order valence-corrected chi connectivity index (χ2v) is 5.77. The molecule has 0 radical (unpaired) electrons. The van der Waals surface area contributed by atoms with Gasteiger partial charge in [-0.1, -0.05) is 13.0 Å². The second-order valence-electron chi connectivity index (χ2n) is 5.77. The molecular formula is C16H25N3O2. The standard InChI is InChI=1S/C16H25N3O2/c1-4-21-16(20)12-6-5-7-13(17)15(12)18-14-8-9-19(3)10-11(14)2/h5-7,11,14,18H,4,8-10,17H2,1-3H3. The van der Waals surface area contributed by atoms with Gasteiger partial charge in [-0.2, -0.15) is 0 Å². The van der Waals surface area contributed by atoms with Crippen LogP contribution in [0.1, 0.15) is 30.6 Å². The third-order valence-corrected chi connectivity index (χ3v) is 4.03. The molecule has 1 fully saturated rings. The molecule has 1 aliphatic rings. The summed E-state index contributed by atoms with van der Waals surface area (Å²) in [5, 5.41) is 3.47. The van der Waals surface area contributed by atoms with Crippen LogP contribution in [0.4, 0.5) is 11.4 Å². The second kappa shape index (κ2) is 6.80. The maximum absolute atomic E-state index is 12.1. The third-order valence-electron chi connectivity index (χ3n) is 4.03. The predicted octanol–water partition coefficient (Wildman–Crippen LogP) is 2.20. The van der Waals surface area contributed by atoms with Crippen molar-refractivity contribution in [1.29, 1.82) is 0 Å². The molecule has 1 aromatic carbocycles. The molecule has 0 aromatic heterocycles. The SMILES string of the molecule is CCOC(=O)c1cccc(N)c1NC1CCN(C)CC1C. The minimum atomic E-state index is -0.326. The molecule has 5 heteroatoms. The molecule has 5 nitrogen and oxygen atoms in total. The van der Waals surface area contributed by atoms with E-state index < -0.39 is 0 Å². The summed E-state index contributed by atoms with van der Waals surface area (Å²) in [5.74, 6) is 0.172. The number of nitrogens with two attached hydrogens (primary N) is 1. The molecule has 1 saturated heterocycles. The lowest BCUT2D eigenvalue weighted by Crippen LogP contribution is -2.43. The van der Waals surface area contributed by atoms with Gasteiger partial charge in [0.2, 0.25) is 0 Å². The number of nitrogens with one attached hydrogen (secondary N) is 1. The van der Waals surface area contributed by atoms with Gasteiger partial charge in [0.1, 0.15) is 0 Å². The zero-order chi connectivity index (χ0) is 15.4. The number of carbonyl (C=O) groups excluding carboxylic acids is 1. The zero-order valence-electron chi connectivity index (χ0n) is 13.1. The molecule has 0 spiro atoms.